The number of benzene rings is 1. The maximum Gasteiger partial charge on any atom is 0.263 e. The highest BCUT2D eigenvalue weighted by atomic mass is 16.5. The normalized spacial score (nSPS) is 10.9. The van der Waals surface area contributed by atoms with Crippen molar-refractivity contribution in [2.24, 2.45) is 0 Å². The number of hydrogen-bond donors (Lipinski definition) is 2. The zero-order valence-electron chi connectivity index (χ0n) is 13.1. The number of nitrogens with zero attached hydrogens (tertiary/aromatic N) is 1. The summed E-state index contributed by atoms with van der Waals surface area (Å²) in [4.78, 5) is 16.0. The van der Waals surface area contributed by atoms with Crippen LogP contribution in [0.5, 0.6) is 5.75 Å². The highest BCUT2D eigenvalue weighted by Crippen LogP contribution is 2.15. The van der Waals surface area contributed by atoms with E-state index in [1.54, 1.807) is 24.4 Å². The van der Waals surface area contributed by atoms with E-state index in [0.717, 1.165) is 5.69 Å². The number of hydrogen-bond acceptors (Lipinski definition) is 4. The molecular weight excluding hydrogens is 278 g/mol. The Morgan fingerprint density at radius 1 is 1.14 bits per heavy atom. The van der Waals surface area contributed by atoms with Gasteiger partial charge in [0, 0.05) is 5.54 Å². The molecule has 116 valence electrons. The highest BCUT2D eigenvalue weighted by Gasteiger charge is 2.10. The first-order chi connectivity index (χ1) is 10.4. The van der Waals surface area contributed by atoms with Gasteiger partial charge in [0.1, 0.15) is 11.6 Å². The van der Waals surface area contributed by atoms with Crippen LogP contribution in [0.3, 0.4) is 0 Å². The molecule has 1 aromatic heterocycles. The van der Waals surface area contributed by atoms with E-state index in [4.69, 9.17) is 4.74 Å². The summed E-state index contributed by atoms with van der Waals surface area (Å²) >= 11 is 0. The number of carbonyl (C=O) groups excluding carboxylic acids is 1. The van der Waals surface area contributed by atoms with Gasteiger partial charge in [0.05, 0.1) is 11.9 Å². The fourth-order valence-electron chi connectivity index (χ4n) is 1.82. The molecule has 0 saturated carbocycles. The van der Waals surface area contributed by atoms with E-state index in [0.29, 0.717) is 11.6 Å². The van der Waals surface area contributed by atoms with Gasteiger partial charge in [-0.15, -0.1) is 0 Å². The van der Waals surface area contributed by atoms with Crippen molar-refractivity contribution >= 4 is 17.4 Å². The third-order valence-electron chi connectivity index (χ3n) is 2.66. The van der Waals surface area contributed by atoms with Gasteiger partial charge < -0.3 is 15.4 Å². The molecule has 1 aromatic carbocycles. The first-order valence-electron chi connectivity index (χ1n) is 7.14. The summed E-state index contributed by atoms with van der Waals surface area (Å²) in [6.07, 6.45) is 1.69. The minimum absolute atomic E-state index is 0.0318. The van der Waals surface area contributed by atoms with E-state index in [2.05, 4.69) is 36.4 Å². The number of rotatable bonds is 5. The molecule has 0 saturated heterocycles. The van der Waals surface area contributed by atoms with Crippen molar-refractivity contribution in [3.8, 4) is 5.75 Å². The molecule has 5 nitrogen and oxygen atoms in total. The average molecular weight is 299 g/mol. The maximum atomic E-state index is 11.8. The molecule has 0 spiro atoms. The fourth-order valence-corrected chi connectivity index (χ4v) is 1.82. The first kappa shape index (κ1) is 15.8. The third-order valence-corrected chi connectivity index (χ3v) is 2.66. The summed E-state index contributed by atoms with van der Waals surface area (Å²) in [6.45, 7) is 6.17. The van der Waals surface area contributed by atoms with Crippen LogP contribution in [0.25, 0.3) is 0 Å². The standard InChI is InChI=1S/C17H21N3O2/c1-17(2,3)20-13-9-10-15(18-11-13)19-16(21)12-22-14-7-5-4-6-8-14/h4-11,20H,12H2,1-3H3,(H,18,19,21). The Morgan fingerprint density at radius 3 is 2.45 bits per heavy atom. The zero-order valence-corrected chi connectivity index (χ0v) is 13.1. The van der Waals surface area contributed by atoms with Crippen molar-refractivity contribution in [2.45, 2.75) is 26.3 Å². The van der Waals surface area contributed by atoms with Gasteiger partial charge in [-0.3, -0.25) is 4.79 Å². The molecule has 0 aliphatic heterocycles. The second kappa shape index (κ2) is 6.93. The minimum Gasteiger partial charge on any atom is -0.484 e. The number of para-hydroxylation sites is 1. The molecule has 1 amide bonds. The predicted molar refractivity (Wildman–Crippen MR) is 88.2 cm³/mol. The Hall–Kier alpha value is -2.56. The third kappa shape index (κ3) is 5.44. The first-order valence-corrected chi connectivity index (χ1v) is 7.14. The van der Waals surface area contributed by atoms with Gasteiger partial charge in [-0.25, -0.2) is 4.98 Å². The molecule has 0 unspecified atom stereocenters. The van der Waals surface area contributed by atoms with E-state index in [1.807, 2.05) is 24.3 Å². The number of nitrogens with one attached hydrogen (secondary N) is 2. The van der Waals surface area contributed by atoms with Gasteiger partial charge in [0.15, 0.2) is 6.61 Å². The maximum absolute atomic E-state index is 11.8. The summed E-state index contributed by atoms with van der Waals surface area (Å²) in [5.41, 5.74) is 0.877. The molecule has 0 radical (unpaired) electrons. The Balaban J connectivity index is 1.84. The number of amides is 1. The van der Waals surface area contributed by atoms with Crippen LogP contribution in [0.15, 0.2) is 48.7 Å². The van der Waals surface area contributed by atoms with E-state index in [-0.39, 0.29) is 18.1 Å². The molecule has 0 aliphatic carbocycles. The van der Waals surface area contributed by atoms with Gasteiger partial charge in [0.2, 0.25) is 0 Å². The van der Waals surface area contributed by atoms with Crippen LogP contribution in [0.1, 0.15) is 20.8 Å². The van der Waals surface area contributed by atoms with E-state index < -0.39 is 0 Å². The Morgan fingerprint density at radius 2 is 1.86 bits per heavy atom. The van der Waals surface area contributed by atoms with Crippen LogP contribution in [-0.2, 0) is 4.79 Å². The van der Waals surface area contributed by atoms with Gasteiger partial charge in [0.25, 0.3) is 5.91 Å². The number of anilines is 2. The fraction of sp³-hybridized carbons (Fsp3) is 0.294. The van der Waals surface area contributed by atoms with Crippen LogP contribution in [0, 0.1) is 0 Å². The van der Waals surface area contributed by atoms with E-state index in [9.17, 15) is 4.79 Å². The van der Waals surface area contributed by atoms with Crippen LogP contribution < -0.4 is 15.4 Å². The van der Waals surface area contributed by atoms with Crippen molar-refractivity contribution < 1.29 is 9.53 Å². The second-order valence-corrected chi connectivity index (χ2v) is 5.96. The van der Waals surface area contributed by atoms with Gasteiger partial charge in [-0.2, -0.15) is 0 Å². The van der Waals surface area contributed by atoms with Crippen molar-refractivity contribution in [3.63, 3.8) is 0 Å². The Kier molecular flexibility index (Phi) is 4.99. The average Bonchev–Trinajstić information content (AvgIpc) is 2.47. The minimum atomic E-state index is -0.243. The van der Waals surface area contributed by atoms with Crippen molar-refractivity contribution in [1.82, 2.24) is 4.98 Å². The lowest BCUT2D eigenvalue weighted by Gasteiger charge is -2.21. The molecule has 2 rings (SSSR count). The van der Waals surface area contributed by atoms with Gasteiger partial charge in [-0.05, 0) is 45.0 Å². The highest BCUT2D eigenvalue weighted by molar-refractivity contribution is 5.91. The molecular formula is C17H21N3O2. The molecule has 22 heavy (non-hydrogen) atoms. The molecule has 1 heterocycles. The number of pyridine rings is 1. The van der Waals surface area contributed by atoms with E-state index in [1.165, 1.54) is 0 Å². The number of aromatic nitrogens is 1. The molecule has 0 fully saturated rings. The largest absolute Gasteiger partial charge is 0.484 e. The topological polar surface area (TPSA) is 63.2 Å². The molecule has 2 N–H and O–H groups in total. The van der Waals surface area contributed by atoms with Crippen molar-refractivity contribution in [3.05, 3.63) is 48.7 Å². The lowest BCUT2D eigenvalue weighted by Crippen LogP contribution is -2.26. The summed E-state index contributed by atoms with van der Waals surface area (Å²) < 4.78 is 5.38. The molecule has 0 bridgehead atoms. The van der Waals surface area contributed by atoms with E-state index >= 15 is 0 Å². The predicted octanol–water partition coefficient (Wildman–Crippen LogP) is 3.31. The van der Waals surface area contributed by atoms with Crippen LogP contribution in [0.2, 0.25) is 0 Å². The molecule has 2 aromatic rings. The SMILES string of the molecule is CC(C)(C)Nc1ccc(NC(=O)COc2ccccc2)nc1. The van der Waals surface area contributed by atoms with Gasteiger partial charge in [-0.1, -0.05) is 18.2 Å². The summed E-state index contributed by atoms with van der Waals surface area (Å²) in [5.74, 6) is 0.921. The lowest BCUT2D eigenvalue weighted by molar-refractivity contribution is -0.118. The van der Waals surface area contributed by atoms with Crippen molar-refractivity contribution in [2.75, 3.05) is 17.2 Å². The molecule has 0 aliphatic rings. The second-order valence-electron chi connectivity index (χ2n) is 5.96. The monoisotopic (exact) mass is 299 g/mol. The zero-order chi connectivity index (χ0) is 16.0. The summed E-state index contributed by atoms with van der Waals surface area (Å²) in [7, 11) is 0. The van der Waals surface area contributed by atoms with Gasteiger partial charge >= 0.3 is 0 Å². The summed E-state index contributed by atoms with van der Waals surface area (Å²) in [5, 5.41) is 6.01. The lowest BCUT2D eigenvalue weighted by atomic mass is 10.1. The number of carbonyl (C=O) groups is 1. The Bertz CT molecular complexity index is 604. The van der Waals surface area contributed by atoms with Crippen LogP contribution >= 0.6 is 0 Å². The Labute approximate surface area is 130 Å². The quantitative estimate of drug-likeness (QED) is 0.889. The molecule has 5 heteroatoms. The number of ether oxygens (including phenoxy) is 1. The molecule has 0 atom stereocenters. The smallest absolute Gasteiger partial charge is 0.263 e. The van der Waals surface area contributed by atoms with Crippen LogP contribution in [0.4, 0.5) is 11.5 Å². The van der Waals surface area contributed by atoms with Crippen LogP contribution in [-0.4, -0.2) is 23.0 Å². The summed E-state index contributed by atoms with van der Waals surface area (Å²) in [6, 6.07) is 12.9. The van der Waals surface area contributed by atoms with Crippen molar-refractivity contribution in [1.29, 1.82) is 0 Å².